The second kappa shape index (κ2) is 5.48. The van der Waals surface area contributed by atoms with E-state index in [0.29, 0.717) is 0 Å². The monoisotopic (exact) mass is 297 g/mol. The quantitative estimate of drug-likeness (QED) is 0.437. The molecule has 5 atom stereocenters. The van der Waals surface area contributed by atoms with Crippen molar-refractivity contribution in [1.29, 1.82) is 0 Å². The summed E-state index contributed by atoms with van der Waals surface area (Å²) >= 11 is 0. The van der Waals surface area contributed by atoms with Crippen molar-refractivity contribution in [1.82, 2.24) is 0 Å². The molecule has 2 rings (SSSR count). The van der Waals surface area contributed by atoms with Crippen molar-refractivity contribution in [2.75, 3.05) is 6.61 Å². The zero-order valence-electron chi connectivity index (χ0n) is 12.0. The highest BCUT2D eigenvalue weighted by Gasteiger charge is 2.75. The van der Waals surface area contributed by atoms with Crippen LogP contribution in [0.1, 0.15) is 20.3 Å². The maximum atomic E-state index is 12.1. The van der Waals surface area contributed by atoms with Crippen LogP contribution >= 0.6 is 0 Å². The van der Waals surface area contributed by atoms with E-state index >= 15 is 0 Å². The number of rotatable bonds is 5. The summed E-state index contributed by atoms with van der Waals surface area (Å²) in [7, 11) is 0. The summed E-state index contributed by atoms with van der Waals surface area (Å²) in [5.74, 6) is -2.89. The van der Waals surface area contributed by atoms with E-state index in [1.165, 1.54) is 6.92 Å². The topological polar surface area (TPSA) is 105 Å². The van der Waals surface area contributed by atoms with Gasteiger partial charge in [0, 0.05) is 25.2 Å². The molecule has 7 heteroatoms. The number of fused-ring (bicyclic) bond motifs is 1. The Morgan fingerprint density at radius 1 is 1.43 bits per heavy atom. The largest absolute Gasteiger partial charge is 0.465 e. The van der Waals surface area contributed by atoms with Crippen molar-refractivity contribution in [3.05, 3.63) is 12.8 Å². The molecule has 0 saturated heterocycles. The first kappa shape index (κ1) is 15.5. The Morgan fingerprint density at radius 2 is 2.10 bits per heavy atom. The lowest BCUT2D eigenvalue weighted by Gasteiger charge is -2.26. The van der Waals surface area contributed by atoms with Crippen LogP contribution in [0.3, 0.4) is 0 Å². The van der Waals surface area contributed by atoms with Crippen LogP contribution in [0, 0.1) is 17.8 Å². The molecule has 0 unspecified atom stereocenters. The molecule has 2 aliphatic rings. The molecule has 2 aliphatic carbocycles. The molecule has 2 N–H and O–H groups in total. The minimum atomic E-state index is -1.33. The number of carbonyl (C=O) groups excluding carboxylic acids is 3. The molecular formula is C14H19NO6. The lowest BCUT2D eigenvalue weighted by Crippen LogP contribution is -2.52. The number of ether oxygens (including phenoxy) is 3. The Kier molecular flexibility index (Phi) is 4.04. The second-order valence-electron chi connectivity index (χ2n) is 5.35. The third-order valence-corrected chi connectivity index (χ3v) is 4.08. The smallest absolute Gasteiger partial charge is 0.326 e. The Hall–Kier alpha value is -1.89. The van der Waals surface area contributed by atoms with Gasteiger partial charge >= 0.3 is 17.9 Å². The lowest BCUT2D eigenvalue weighted by molar-refractivity contribution is -0.156. The van der Waals surface area contributed by atoms with Gasteiger partial charge in [-0.2, -0.15) is 0 Å². The van der Waals surface area contributed by atoms with E-state index in [9.17, 15) is 14.4 Å². The molecule has 116 valence electrons. The van der Waals surface area contributed by atoms with E-state index in [1.54, 1.807) is 6.92 Å². The average Bonchev–Trinajstić information content (AvgIpc) is 3.07. The molecule has 0 aromatic rings. The number of esters is 3. The van der Waals surface area contributed by atoms with Gasteiger partial charge in [0.15, 0.2) is 0 Å². The molecule has 0 aromatic heterocycles. The molecule has 0 spiro atoms. The zero-order valence-corrected chi connectivity index (χ0v) is 12.0. The molecule has 0 amide bonds. The van der Waals surface area contributed by atoms with Crippen molar-refractivity contribution in [3.63, 3.8) is 0 Å². The Morgan fingerprint density at radius 3 is 2.62 bits per heavy atom. The fraction of sp³-hybridized carbons (Fsp3) is 0.643. The summed E-state index contributed by atoms with van der Waals surface area (Å²) in [6, 6.07) is 0. The van der Waals surface area contributed by atoms with E-state index in [0.717, 1.165) is 6.26 Å². The van der Waals surface area contributed by atoms with Gasteiger partial charge < -0.3 is 19.9 Å². The van der Waals surface area contributed by atoms with Crippen LogP contribution in [-0.2, 0) is 28.6 Å². The van der Waals surface area contributed by atoms with E-state index in [1.807, 2.05) is 0 Å². The third-order valence-electron chi connectivity index (χ3n) is 4.08. The van der Waals surface area contributed by atoms with Crippen molar-refractivity contribution in [3.8, 4) is 0 Å². The van der Waals surface area contributed by atoms with Crippen LogP contribution in [-0.4, -0.2) is 36.2 Å². The van der Waals surface area contributed by atoms with Gasteiger partial charge in [0.1, 0.15) is 11.6 Å². The SMILES string of the molecule is C=COC(=O)[C@H]1[C@H]2[C@@H]1[C@](N)(C(=O)OCC)C[C@@H]2OC(C)=O. The first-order chi connectivity index (χ1) is 9.86. The summed E-state index contributed by atoms with van der Waals surface area (Å²) in [5, 5.41) is 0. The summed E-state index contributed by atoms with van der Waals surface area (Å²) in [4.78, 5) is 35.1. The second-order valence-corrected chi connectivity index (χ2v) is 5.35. The van der Waals surface area contributed by atoms with Gasteiger partial charge in [-0.3, -0.25) is 14.4 Å². The minimum absolute atomic E-state index is 0.151. The molecule has 0 bridgehead atoms. The van der Waals surface area contributed by atoms with E-state index in [-0.39, 0.29) is 18.9 Å². The highest BCUT2D eigenvalue weighted by atomic mass is 16.6. The van der Waals surface area contributed by atoms with Crippen molar-refractivity contribution in [2.45, 2.75) is 31.9 Å². The standard InChI is InChI=1S/C14H19NO6/c1-4-19-12(17)10-9-8(21-7(3)16)6-14(15,11(9)10)13(18)20-5-2/h4,8-11H,1,5-6,15H2,2-3H3/t8-,9-,10-,11-,14-/m0/s1. The molecule has 2 fully saturated rings. The highest BCUT2D eigenvalue weighted by molar-refractivity contribution is 5.87. The lowest BCUT2D eigenvalue weighted by atomic mass is 9.91. The van der Waals surface area contributed by atoms with Gasteiger partial charge in [-0.25, -0.2) is 0 Å². The number of nitrogens with two attached hydrogens (primary N) is 1. The van der Waals surface area contributed by atoms with Gasteiger partial charge in [-0.05, 0) is 6.92 Å². The maximum Gasteiger partial charge on any atom is 0.326 e. The Labute approximate surface area is 122 Å². The van der Waals surface area contributed by atoms with E-state index < -0.39 is 41.4 Å². The first-order valence-electron chi connectivity index (χ1n) is 6.81. The van der Waals surface area contributed by atoms with E-state index in [4.69, 9.17) is 19.9 Å². The third kappa shape index (κ3) is 2.53. The van der Waals surface area contributed by atoms with E-state index in [2.05, 4.69) is 6.58 Å². The number of hydrogen-bond acceptors (Lipinski definition) is 7. The fourth-order valence-corrected chi connectivity index (χ4v) is 3.35. The van der Waals surface area contributed by atoms with Gasteiger partial charge in [-0.15, -0.1) is 0 Å². The van der Waals surface area contributed by atoms with Gasteiger partial charge in [0.05, 0.1) is 18.8 Å². The van der Waals surface area contributed by atoms with Crippen LogP contribution in [0.25, 0.3) is 0 Å². The van der Waals surface area contributed by atoms with Crippen LogP contribution < -0.4 is 5.73 Å². The fourth-order valence-electron chi connectivity index (χ4n) is 3.35. The summed E-state index contributed by atoms with van der Waals surface area (Å²) in [6.45, 7) is 6.46. The van der Waals surface area contributed by atoms with Crippen molar-refractivity contribution in [2.24, 2.45) is 23.5 Å². The molecule has 0 heterocycles. The van der Waals surface area contributed by atoms with Crippen molar-refractivity contribution < 1.29 is 28.6 Å². The highest BCUT2D eigenvalue weighted by Crippen LogP contribution is 2.63. The summed E-state index contributed by atoms with van der Waals surface area (Å²) < 4.78 is 14.9. The van der Waals surface area contributed by atoms with Gasteiger partial charge in [0.2, 0.25) is 0 Å². The van der Waals surface area contributed by atoms with Gasteiger partial charge in [0.25, 0.3) is 0 Å². The maximum absolute atomic E-state index is 12.1. The molecule has 7 nitrogen and oxygen atoms in total. The molecule has 0 radical (unpaired) electrons. The predicted octanol–water partition coefficient (Wildman–Crippen LogP) is 0.131. The average molecular weight is 297 g/mol. The predicted molar refractivity (Wildman–Crippen MR) is 70.5 cm³/mol. The first-order valence-corrected chi connectivity index (χ1v) is 6.81. The van der Waals surface area contributed by atoms with Crippen LogP contribution in [0.15, 0.2) is 12.8 Å². The molecule has 0 aliphatic heterocycles. The minimum Gasteiger partial charge on any atom is -0.465 e. The van der Waals surface area contributed by atoms with Crippen LogP contribution in [0.2, 0.25) is 0 Å². The van der Waals surface area contributed by atoms with Crippen molar-refractivity contribution >= 4 is 17.9 Å². The van der Waals surface area contributed by atoms with Crippen LogP contribution in [0.5, 0.6) is 0 Å². The number of hydrogen-bond donors (Lipinski definition) is 1. The molecule has 0 aromatic carbocycles. The number of carbonyl (C=O) groups is 3. The Balaban J connectivity index is 2.21. The van der Waals surface area contributed by atoms with Crippen LogP contribution in [0.4, 0.5) is 0 Å². The zero-order chi connectivity index (χ0) is 15.8. The molecule has 2 saturated carbocycles. The summed E-state index contributed by atoms with van der Waals surface area (Å²) in [6.07, 6.45) is 0.600. The summed E-state index contributed by atoms with van der Waals surface area (Å²) in [5.41, 5.74) is 4.84. The van der Waals surface area contributed by atoms with Gasteiger partial charge in [-0.1, -0.05) is 6.58 Å². The molecule has 21 heavy (non-hydrogen) atoms. The Bertz CT molecular complexity index is 490. The molecular weight excluding hydrogens is 278 g/mol. The normalized spacial score (nSPS) is 36.3.